The number of nitrogens with two attached hydrogens (primary N) is 1. The SMILES string of the molecule is CCc1nn(C)c(Cl)c1-c1c(C#N)c(N)nc2c1CN(C(=O)C1CCC1)CC2. The van der Waals surface area contributed by atoms with Crippen LogP contribution in [0.25, 0.3) is 11.1 Å². The second kappa shape index (κ2) is 7.10. The highest BCUT2D eigenvalue weighted by molar-refractivity contribution is 6.32. The van der Waals surface area contributed by atoms with Gasteiger partial charge >= 0.3 is 0 Å². The molecule has 3 heterocycles. The third-order valence-corrected chi connectivity index (χ3v) is 6.33. The second-order valence-electron chi connectivity index (χ2n) is 7.51. The molecule has 0 bridgehead atoms. The maximum atomic E-state index is 12.8. The zero-order chi connectivity index (χ0) is 20.0. The van der Waals surface area contributed by atoms with Crippen LogP contribution in [-0.2, 0) is 31.2 Å². The highest BCUT2D eigenvalue weighted by Crippen LogP contribution is 2.41. The standard InChI is InChI=1S/C20H23ClN6O/c1-3-14-17(18(21)26(2)25-14)16-12(9-22)19(23)24-15-7-8-27(10-13(15)16)20(28)11-5-4-6-11/h11H,3-8,10H2,1-2H3,(H2,23,24). The average molecular weight is 399 g/mol. The molecule has 2 aromatic rings. The molecule has 7 nitrogen and oxygen atoms in total. The van der Waals surface area contributed by atoms with Gasteiger partial charge in [-0.2, -0.15) is 10.4 Å². The maximum Gasteiger partial charge on any atom is 0.225 e. The average Bonchev–Trinajstić information content (AvgIpc) is 2.92. The van der Waals surface area contributed by atoms with E-state index in [4.69, 9.17) is 17.3 Å². The summed E-state index contributed by atoms with van der Waals surface area (Å²) in [5.41, 5.74) is 10.4. The highest BCUT2D eigenvalue weighted by atomic mass is 35.5. The van der Waals surface area contributed by atoms with Crippen LogP contribution in [0.15, 0.2) is 0 Å². The normalized spacial score (nSPS) is 16.4. The molecule has 0 aromatic carbocycles. The number of nitriles is 1. The predicted octanol–water partition coefficient (Wildman–Crippen LogP) is 2.84. The molecule has 1 fully saturated rings. The molecule has 0 spiro atoms. The van der Waals surface area contributed by atoms with Crippen molar-refractivity contribution in [2.45, 2.75) is 45.6 Å². The zero-order valence-corrected chi connectivity index (χ0v) is 16.9. The van der Waals surface area contributed by atoms with Gasteiger partial charge in [0.1, 0.15) is 22.6 Å². The van der Waals surface area contributed by atoms with Crippen molar-refractivity contribution in [3.05, 3.63) is 27.7 Å². The van der Waals surface area contributed by atoms with Gasteiger partial charge in [-0.1, -0.05) is 24.9 Å². The van der Waals surface area contributed by atoms with E-state index in [0.717, 1.165) is 41.8 Å². The number of aryl methyl sites for hydroxylation is 2. The quantitative estimate of drug-likeness (QED) is 0.856. The van der Waals surface area contributed by atoms with Crippen molar-refractivity contribution in [1.29, 1.82) is 5.26 Å². The highest BCUT2D eigenvalue weighted by Gasteiger charge is 2.34. The number of anilines is 1. The molecule has 1 aliphatic heterocycles. The van der Waals surface area contributed by atoms with Gasteiger partial charge in [-0.15, -0.1) is 0 Å². The fraction of sp³-hybridized carbons (Fsp3) is 0.500. The molecule has 0 radical (unpaired) electrons. The number of halogens is 1. The summed E-state index contributed by atoms with van der Waals surface area (Å²) in [5.74, 6) is 0.540. The van der Waals surface area contributed by atoms with E-state index in [1.165, 1.54) is 0 Å². The Bertz CT molecular complexity index is 1000. The van der Waals surface area contributed by atoms with Crippen molar-refractivity contribution in [1.82, 2.24) is 19.7 Å². The lowest BCUT2D eigenvalue weighted by molar-refractivity contribution is -0.139. The van der Waals surface area contributed by atoms with Crippen molar-refractivity contribution < 1.29 is 4.79 Å². The number of nitrogen functional groups attached to an aromatic ring is 1. The molecule has 8 heteroatoms. The summed E-state index contributed by atoms with van der Waals surface area (Å²) >= 11 is 6.58. The van der Waals surface area contributed by atoms with Crippen molar-refractivity contribution >= 4 is 23.3 Å². The van der Waals surface area contributed by atoms with E-state index in [0.29, 0.717) is 42.2 Å². The van der Waals surface area contributed by atoms with Crippen LogP contribution in [0.1, 0.15) is 48.7 Å². The number of aromatic nitrogens is 3. The van der Waals surface area contributed by atoms with Crippen LogP contribution < -0.4 is 5.73 Å². The summed E-state index contributed by atoms with van der Waals surface area (Å²) in [6.45, 7) is 3.05. The number of carbonyl (C=O) groups is 1. The fourth-order valence-corrected chi connectivity index (χ4v) is 4.36. The van der Waals surface area contributed by atoms with E-state index in [2.05, 4.69) is 16.2 Å². The summed E-state index contributed by atoms with van der Waals surface area (Å²) in [4.78, 5) is 19.2. The van der Waals surface area contributed by atoms with Crippen LogP contribution in [0.4, 0.5) is 5.82 Å². The van der Waals surface area contributed by atoms with Crippen molar-refractivity contribution in [2.75, 3.05) is 12.3 Å². The summed E-state index contributed by atoms with van der Waals surface area (Å²) < 4.78 is 1.61. The van der Waals surface area contributed by atoms with E-state index >= 15 is 0 Å². The minimum Gasteiger partial charge on any atom is -0.383 e. The van der Waals surface area contributed by atoms with E-state index in [1.54, 1.807) is 11.7 Å². The van der Waals surface area contributed by atoms with Crippen LogP contribution in [0.5, 0.6) is 0 Å². The number of pyridine rings is 1. The van der Waals surface area contributed by atoms with Crippen LogP contribution in [0, 0.1) is 17.2 Å². The second-order valence-corrected chi connectivity index (χ2v) is 7.87. The number of carbonyl (C=O) groups excluding carboxylic acids is 1. The van der Waals surface area contributed by atoms with E-state index < -0.39 is 0 Å². The van der Waals surface area contributed by atoms with E-state index in [9.17, 15) is 10.1 Å². The number of hydrogen-bond acceptors (Lipinski definition) is 5. The molecule has 146 valence electrons. The monoisotopic (exact) mass is 398 g/mol. The third kappa shape index (κ3) is 2.83. The summed E-state index contributed by atoms with van der Waals surface area (Å²) in [6.07, 6.45) is 4.34. The fourth-order valence-electron chi connectivity index (χ4n) is 4.12. The molecule has 2 aromatic heterocycles. The number of fused-ring (bicyclic) bond motifs is 1. The number of rotatable bonds is 3. The first-order valence-electron chi connectivity index (χ1n) is 9.68. The molecular weight excluding hydrogens is 376 g/mol. The van der Waals surface area contributed by atoms with Gasteiger partial charge in [-0.25, -0.2) is 4.98 Å². The maximum absolute atomic E-state index is 12.8. The number of amides is 1. The predicted molar refractivity (Wildman–Crippen MR) is 106 cm³/mol. The van der Waals surface area contributed by atoms with Crippen molar-refractivity contribution in [3.63, 3.8) is 0 Å². The van der Waals surface area contributed by atoms with Gasteiger partial charge < -0.3 is 10.6 Å². The van der Waals surface area contributed by atoms with E-state index in [-0.39, 0.29) is 17.6 Å². The summed E-state index contributed by atoms with van der Waals surface area (Å²) in [7, 11) is 1.78. The summed E-state index contributed by atoms with van der Waals surface area (Å²) in [5, 5.41) is 14.8. The van der Waals surface area contributed by atoms with Gasteiger partial charge in [-0.05, 0) is 19.3 Å². The molecule has 1 aliphatic carbocycles. The van der Waals surface area contributed by atoms with Crippen molar-refractivity contribution in [3.8, 4) is 17.2 Å². The minimum atomic E-state index is 0.135. The van der Waals surface area contributed by atoms with Crippen LogP contribution in [0.2, 0.25) is 5.15 Å². The Labute approximate surface area is 169 Å². The first-order chi connectivity index (χ1) is 13.5. The molecule has 4 rings (SSSR count). The third-order valence-electron chi connectivity index (χ3n) is 5.89. The Morgan fingerprint density at radius 2 is 2.14 bits per heavy atom. The Morgan fingerprint density at radius 1 is 1.39 bits per heavy atom. The van der Waals surface area contributed by atoms with Crippen molar-refractivity contribution in [2.24, 2.45) is 13.0 Å². The number of nitrogens with zero attached hydrogens (tertiary/aromatic N) is 5. The zero-order valence-electron chi connectivity index (χ0n) is 16.1. The Morgan fingerprint density at radius 3 is 2.75 bits per heavy atom. The van der Waals surface area contributed by atoms with Gasteiger partial charge in [0.05, 0.1) is 11.4 Å². The van der Waals surface area contributed by atoms with Gasteiger partial charge in [0, 0.05) is 49.2 Å². The molecule has 1 saturated carbocycles. The lowest BCUT2D eigenvalue weighted by Gasteiger charge is -2.35. The molecule has 0 unspecified atom stereocenters. The molecule has 2 N–H and O–H groups in total. The molecule has 2 aliphatic rings. The lowest BCUT2D eigenvalue weighted by Crippen LogP contribution is -2.42. The Balaban J connectivity index is 1.88. The lowest BCUT2D eigenvalue weighted by atomic mass is 9.83. The molecule has 0 saturated heterocycles. The van der Waals surface area contributed by atoms with Gasteiger partial charge in [0.2, 0.25) is 5.91 Å². The smallest absolute Gasteiger partial charge is 0.225 e. The minimum absolute atomic E-state index is 0.135. The van der Waals surface area contributed by atoms with Crippen LogP contribution >= 0.6 is 11.6 Å². The van der Waals surface area contributed by atoms with Gasteiger partial charge in [0.15, 0.2) is 0 Å². The van der Waals surface area contributed by atoms with Gasteiger partial charge in [-0.3, -0.25) is 9.48 Å². The topological polar surface area (TPSA) is 101 Å². The molecule has 1 amide bonds. The Kier molecular flexibility index (Phi) is 4.76. The first-order valence-corrected chi connectivity index (χ1v) is 10.1. The number of hydrogen-bond donors (Lipinski definition) is 1. The van der Waals surface area contributed by atoms with Crippen LogP contribution in [0.3, 0.4) is 0 Å². The largest absolute Gasteiger partial charge is 0.383 e. The van der Waals surface area contributed by atoms with E-state index in [1.807, 2.05) is 11.8 Å². The van der Waals surface area contributed by atoms with Crippen LogP contribution in [-0.4, -0.2) is 32.1 Å². The molecule has 28 heavy (non-hydrogen) atoms. The molecule has 0 atom stereocenters. The molecular formula is C20H23ClN6O. The summed E-state index contributed by atoms with van der Waals surface area (Å²) in [6, 6.07) is 2.20. The van der Waals surface area contributed by atoms with Gasteiger partial charge in [0.25, 0.3) is 0 Å². The first kappa shape index (κ1) is 18.8. The Hall–Kier alpha value is -2.59.